The molecule has 0 bridgehead atoms. The van der Waals surface area contributed by atoms with Crippen LogP contribution in [0.5, 0.6) is 0 Å². The van der Waals surface area contributed by atoms with Crippen molar-refractivity contribution in [3.8, 4) is 0 Å². The number of nitrogens with one attached hydrogen (secondary N) is 1. The molecule has 2 aromatic rings. The van der Waals surface area contributed by atoms with Gasteiger partial charge in [0.15, 0.2) is 0 Å². The molecule has 0 spiro atoms. The second kappa shape index (κ2) is 7.57. The summed E-state index contributed by atoms with van der Waals surface area (Å²) in [6.07, 6.45) is 4.57. The van der Waals surface area contributed by atoms with Crippen LogP contribution >= 0.6 is 11.3 Å². The largest absolute Gasteiger partial charge is 0.355 e. The minimum atomic E-state index is -0.247. The maximum atomic E-state index is 12.3. The van der Waals surface area contributed by atoms with Crippen molar-refractivity contribution >= 4 is 23.2 Å². The lowest BCUT2D eigenvalue weighted by Crippen LogP contribution is -2.34. The predicted molar refractivity (Wildman–Crippen MR) is 93.5 cm³/mol. The number of pyridine rings is 1. The molecule has 1 atom stereocenters. The van der Waals surface area contributed by atoms with E-state index >= 15 is 0 Å². The van der Waals surface area contributed by atoms with Gasteiger partial charge in [-0.25, -0.2) is 0 Å². The normalized spacial score (nSPS) is 17.3. The maximum absolute atomic E-state index is 12.3. The van der Waals surface area contributed by atoms with Crippen LogP contribution < -0.4 is 5.32 Å². The SMILES string of the molecule is Cc1ccsc1CCNC(=O)C1CC(=O)N(Cc2ccncc2)C1. The third kappa shape index (κ3) is 4.00. The highest BCUT2D eigenvalue weighted by Gasteiger charge is 2.33. The first-order valence-electron chi connectivity index (χ1n) is 8.11. The highest BCUT2D eigenvalue weighted by atomic mass is 32.1. The summed E-state index contributed by atoms with van der Waals surface area (Å²) in [5.74, 6) is -0.223. The predicted octanol–water partition coefficient (Wildman–Crippen LogP) is 2.16. The quantitative estimate of drug-likeness (QED) is 0.874. The van der Waals surface area contributed by atoms with E-state index in [1.54, 1.807) is 28.6 Å². The molecule has 24 heavy (non-hydrogen) atoms. The Morgan fingerprint density at radius 1 is 1.38 bits per heavy atom. The summed E-state index contributed by atoms with van der Waals surface area (Å²) in [6, 6.07) is 5.88. The van der Waals surface area contributed by atoms with Gasteiger partial charge in [0.05, 0.1) is 5.92 Å². The number of amides is 2. The molecule has 0 aliphatic carbocycles. The number of thiophene rings is 1. The molecule has 2 aromatic heterocycles. The smallest absolute Gasteiger partial charge is 0.225 e. The zero-order valence-electron chi connectivity index (χ0n) is 13.7. The van der Waals surface area contributed by atoms with Crippen molar-refractivity contribution in [2.24, 2.45) is 5.92 Å². The first-order valence-corrected chi connectivity index (χ1v) is 8.99. The van der Waals surface area contributed by atoms with E-state index in [1.165, 1.54) is 10.4 Å². The van der Waals surface area contributed by atoms with Crippen LogP contribution in [0.2, 0.25) is 0 Å². The lowest BCUT2D eigenvalue weighted by Gasteiger charge is -2.16. The Labute approximate surface area is 145 Å². The van der Waals surface area contributed by atoms with Crippen LogP contribution in [0.15, 0.2) is 36.0 Å². The third-order valence-electron chi connectivity index (χ3n) is 4.33. The van der Waals surface area contributed by atoms with Gasteiger partial charge >= 0.3 is 0 Å². The van der Waals surface area contributed by atoms with Crippen molar-refractivity contribution < 1.29 is 9.59 Å². The number of aryl methyl sites for hydroxylation is 1. The van der Waals surface area contributed by atoms with Crippen LogP contribution in [0.1, 0.15) is 22.4 Å². The molecule has 126 valence electrons. The third-order valence-corrected chi connectivity index (χ3v) is 5.41. The van der Waals surface area contributed by atoms with Crippen molar-refractivity contribution in [1.29, 1.82) is 0 Å². The number of nitrogens with zero attached hydrogens (tertiary/aromatic N) is 2. The second-order valence-corrected chi connectivity index (χ2v) is 7.10. The molecule has 0 radical (unpaired) electrons. The van der Waals surface area contributed by atoms with E-state index in [9.17, 15) is 9.59 Å². The summed E-state index contributed by atoms with van der Waals surface area (Å²) in [5.41, 5.74) is 2.31. The van der Waals surface area contributed by atoms with E-state index in [0.29, 0.717) is 26.1 Å². The Bertz CT molecular complexity index is 714. The summed E-state index contributed by atoms with van der Waals surface area (Å²) < 4.78 is 0. The fourth-order valence-electron chi connectivity index (χ4n) is 2.91. The summed E-state index contributed by atoms with van der Waals surface area (Å²) in [5, 5.41) is 5.04. The lowest BCUT2D eigenvalue weighted by molar-refractivity contribution is -0.129. The van der Waals surface area contributed by atoms with E-state index in [4.69, 9.17) is 0 Å². The van der Waals surface area contributed by atoms with E-state index in [0.717, 1.165) is 12.0 Å². The van der Waals surface area contributed by atoms with Crippen molar-refractivity contribution in [2.45, 2.75) is 26.3 Å². The van der Waals surface area contributed by atoms with Crippen molar-refractivity contribution in [3.63, 3.8) is 0 Å². The molecular weight excluding hydrogens is 322 g/mol. The van der Waals surface area contributed by atoms with Crippen LogP contribution in [0.4, 0.5) is 0 Å². The average molecular weight is 343 g/mol. The maximum Gasteiger partial charge on any atom is 0.225 e. The van der Waals surface area contributed by atoms with Crippen LogP contribution in [-0.2, 0) is 22.6 Å². The van der Waals surface area contributed by atoms with Gasteiger partial charge in [-0.1, -0.05) is 0 Å². The number of carbonyl (C=O) groups is 2. The van der Waals surface area contributed by atoms with Gasteiger partial charge in [0.2, 0.25) is 11.8 Å². The molecule has 5 nitrogen and oxygen atoms in total. The van der Waals surface area contributed by atoms with E-state index < -0.39 is 0 Å². The molecule has 1 saturated heterocycles. The van der Waals surface area contributed by atoms with Crippen molar-refractivity contribution in [1.82, 2.24) is 15.2 Å². The molecule has 3 rings (SSSR count). The van der Waals surface area contributed by atoms with Crippen molar-refractivity contribution in [2.75, 3.05) is 13.1 Å². The minimum Gasteiger partial charge on any atom is -0.355 e. The Balaban J connectivity index is 1.48. The lowest BCUT2D eigenvalue weighted by atomic mass is 10.1. The molecule has 0 saturated carbocycles. The molecule has 2 amide bonds. The molecule has 0 aromatic carbocycles. The Morgan fingerprint density at radius 3 is 2.88 bits per heavy atom. The first-order chi connectivity index (χ1) is 11.6. The zero-order valence-corrected chi connectivity index (χ0v) is 14.5. The summed E-state index contributed by atoms with van der Waals surface area (Å²) in [4.78, 5) is 31.5. The van der Waals surface area contributed by atoms with Crippen LogP contribution in [0.3, 0.4) is 0 Å². The minimum absolute atomic E-state index is 0.0187. The van der Waals surface area contributed by atoms with E-state index in [2.05, 4.69) is 28.7 Å². The van der Waals surface area contributed by atoms with Gasteiger partial charge in [-0.2, -0.15) is 0 Å². The van der Waals surface area contributed by atoms with Gasteiger partial charge in [0.1, 0.15) is 0 Å². The second-order valence-electron chi connectivity index (χ2n) is 6.10. The number of carbonyl (C=O) groups excluding carboxylic acids is 2. The van der Waals surface area contributed by atoms with Crippen LogP contribution in [0, 0.1) is 12.8 Å². The monoisotopic (exact) mass is 343 g/mol. The molecule has 1 N–H and O–H groups in total. The van der Waals surface area contributed by atoms with E-state index in [1.807, 2.05) is 12.1 Å². The van der Waals surface area contributed by atoms with Gasteiger partial charge < -0.3 is 10.2 Å². The molecule has 1 unspecified atom stereocenters. The summed E-state index contributed by atoms with van der Waals surface area (Å²) in [6.45, 7) is 3.74. The van der Waals surface area contributed by atoms with Gasteiger partial charge in [0, 0.05) is 43.3 Å². The fourth-order valence-corrected chi connectivity index (χ4v) is 3.82. The standard InChI is InChI=1S/C18H21N3O2S/c1-13-5-9-24-16(13)4-8-20-18(23)15-10-17(22)21(12-15)11-14-2-6-19-7-3-14/h2-3,5-7,9,15H,4,8,10-12H2,1H3,(H,20,23). The molecule has 1 aliphatic heterocycles. The topological polar surface area (TPSA) is 62.3 Å². The summed E-state index contributed by atoms with van der Waals surface area (Å²) >= 11 is 1.72. The van der Waals surface area contributed by atoms with Crippen molar-refractivity contribution in [3.05, 3.63) is 52.0 Å². The highest BCUT2D eigenvalue weighted by Crippen LogP contribution is 2.20. The zero-order chi connectivity index (χ0) is 16.9. The molecule has 6 heteroatoms. The molecule has 1 aliphatic rings. The number of hydrogen-bond donors (Lipinski definition) is 1. The molecular formula is C18H21N3O2S. The van der Waals surface area contributed by atoms with Gasteiger partial charge in [-0.3, -0.25) is 14.6 Å². The molecule has 1 fully saturated rings. The number of hydrogen-bond acceptors (Lipinski definition) is 4. The number of likely N-dealkylation sites (tertiary alicyclic amines) is 1. The molecule has 3 heterocycles. The highest BCUT2D eigenvalue weighted by molar-refractivity contribution is 7.10. The number of rotatable bonds is 6. The van der Waals surface area contributed by atoms with Crippen LogP contribution in [0.25, 0.3) is 0 Å². The van der Waals surface area contributed by atoms with Gasteiger partial charge in [-0.15, -0.1) is 11.3 Å². The Kier molecular flexibility index (Phi) is 5.25. The average Bonchev–Trinajstić information content (AvgIpc) is 3.15. The summed E-state index contributed by atoms with van der Waals surface area (Å²) in [7, 11) is 0. The first kappa shape index (κ1) is 16.6. The van der Waals surface area contributed by atoms with Gasteiger partial charge in [0.25, 0.3) is 0 Å². The van der Waals surface area contributed by atoms with Crippen LogP contribution in [-0.4, -0.2) is 34.8 Å². The Hall–Kier alpha value is -2.21. The number of aromatic nitrogens is 1. The van der Waals surface area contributed by atoms with Gasteiger partial charge in [-0.05, 0) is 48.1 Å². The Morgan fingerprint density at radius 2 is 2.17 bits per heavy atom. The fraction of sp³-hybridized carbons (Fsp3) is 0.389. The van der Waals surface area contributed by atoms with E-state index in [-0.39, 0.29) is 17.7 Å².